The highest BCUT2D eigenvalue weighted by molar-refractivity contribution is 9.10. The Morgan fingerprint density at radius 3 is 2.50 bits per heavy atom. The van der Waals surface area contributed by atoms with Gasteiger partial charge in [-0.3, -0.25) is 9.59 Å². The minimum Gasteiger partial charge on any atom is -0.350 e. The highest BCUT2D eigenvalue weighted by Gasteiger charge is 2.13. The van der Waals surface area contributed by atoms with E-state index in [1.807, 2.05) is 50.2 Å². The predicted octanol–water partition coefficient (Wildman–Crippen LogP) is 3.85. The summed E-state index contributed by atoms with van der Waals surface area (Å²) < 4.78 is 0.954. The monoisotopic (exact) mass is 388 g/mol. The van der Waals surface area contributed by atoms with Gasteiger partial charge in [0.1, 0.15) is 0 Å². The number of nitrogens with one attached hydrogen (secondary N) is 1. The fourth-order valence-corrected chi connectivity index (χ4v) is 2.75. The second-order valence-electron chi connectivity index (χ2n) is 5.73. The molecule has 0 atom stereocenters. The molecular formula is C19H21BrN2O2. The average Bonchev–Trinajstić information content (AvgIpc) is 2.54. The number of rotatable bonds is 5. The Balaban J connectivity index is 2.00. The van der Waals surface area contributed by atoms with Crippen LogP contribution in [0.1, 0.15) is 28.4 Å². The van der Waals surface area contributed by atoms with Crippen molar-refractivity contribution in [1.29, 1.82) is 0 Å². The molecule has 24 heavy (non-hydrogen) atoms. The maximum atomic E-state index is 12.2. The molecule has 0 aliphatic rings. The van der Waals surface area contributed by atoms with E-state index in [0.717, 1.165) is 21.3 Å². The number of carbonyl (C=O) groups excluding carboxylic acids is 2. The molecule has 5 heteroatoms. The molecule has 0 heterocycles. The highest BCUT2D eigenvalue weighted by Crippen LogP contribution is 2.23. The smallest absolute Gasteiger partial charge is 0.251 e. The molecule has 2 amide bonds. The zero-order valence-electron chi connectivity index (χ0n) is 14.1. The molecule has 0 saturated carbocycles. The molecule has 0 bridgehead atoms. The van der Waals surface area contributed by atoms with Gasteiger partial charge in [-0.1, -0.05) is 39.7 Å². The van der Waals surface area contributed by atoms with E-state index in [0.29, 0.717) is 18.7 Å². The van der Waals surface area contributed by atoms with Crippen molar-refractivity contribution in [3.05, 3.63) is 63.6 Å². The van der Waals surface area contributed by atoms with Crippen molar-refractivity contribution in [2.75, 3.05) is 18.0 Å². The Labute approximate surface area is 151 Å². The molecule has 0 aliphatic carbocycles. The third-order valence-corrected chi connectivity index (χ3v) is 4.60. The number of nitrogens with zero attached hydrogens (tertiary/aromatic N) is 1. The van der Waals surface area contributed by atoms with Crippen LogP contribution in [-0.4, -0.2) is 24.9 Å². The Kier molecular flexibility index (Phi) is 6.15. The van der Waals surface area contributed by atoms with Crippen molar-refractivity contribution in [2.45, 2.75) is 20.8 Å². The molecule has 0 aromatic heterocycles. The number of carbonyl (C=O) groups is 2. The van der Waals surface area contributed by atoms with Crippen LogP contribution < -0.4 is 10.2 Å². The van der Waals surface area contributed by atoms with Crippen LogP contribution in [0.15, 0.2) is 46.9 Å². The first-order valence-corrected chi connectivity index (χ1v) is 8.57. The van der Waals surface area contributed by atoms with Crippen molar-refractivity contribution in [3.63, 3.8) is 0 Å². The van der Waals surface area contributed by atoms with E-state index < -0.39 is 0 Å². The number of amides is 2. The molecule has 126 valence electrons. The van der Waals surface area contributed by atoms with Crippen LogP contribution in [0.25, 0.3) is 0 Å². The Bertz CT molecular complexity index is 759. The summed E-state index contributed by atoms with van der Waals surface area (Å²) in [5, 5.41) is 2.86. The normalized spacial score (nSPS) is 10.3. The topological polar surface area (TPSA) is 49.4 Å². The van der Waals surface area contributed by atoms with E-state index in [1.54, 1.807) is 11.0 Å². The van der Waals surface area contributed by atoms with Gasteiger partial charge in [0, 0.05) is 35.7 Å². The van der Waals surface area contributed by atoms with E-state index in [9.17, 15) is 9.59 Å². The minimum atomic E-state index is -0.132. The van der Waals surface area contributed by atoms with E-state index in [2.05, 4.69) is 21.2 Å². The molecule has 4 nitrogen and oxygen atoms in total. The molecule has 0 radical (unpaired) electrons. The number of benzene rings is 2. The standard InChI is InChI=1S/C19H21BrN2O2/c1-13-5-4-6-16(11-13)19(24)21-9-10-22(15(3)23)17-8-7-14(2)18(20)12-17/h4-8,11-12H,9-10H2,1-3H3,(H,21,24). The number of hydrogen-bond donors (Lipinski definition) is 1. The van der Waals surface area contributed by atoms with Crippen molar-refractivity contribution in [3.8, 4) is 0 Å². The summed E-state index contributed by atoms with van der Waals surface area (Å²) in [5.41, 5.74) is 3.58. The lowest BCUT2D eigenvalue weighted by Gasteiger charge is -2.22. The maximum Gasteiger partial charge on any atom is 0.251 e. The number of halogens is 1. The molecule has 0 spiro atoms. The molecule has 1 N–H and O–H groups in total. The summed E-state index contributed by atoms with van der Waals surface area (Å²) in [5.74, 6) is -0.192. The van der Waals surface area contributed by atoms with E-state index in [1.165, 1.54) is 6.92 Å². The van der Waals surface area contributed by atoms with Gasteiger partial charge >= 0.3 is 0 Å². The van der Waals surface area contributed by atoms with E-state index in [4.69, 9.17) is 0 Å². The van der Waals surface area contributed by atoms with Gasteiger partial charge in [0.25, 0.3) is 5.91 Å². The van der Waals surface area contributed by atoms with Gasteiger partial charge in [-0.15, -0.1) is 0 Å². The van der Waals surface area contributed by atoms with Gasteiger partial charge in [0.15, 0.2) is 0 Å². The van der Waals surface area contributed by atoms with Crippen LogP contribution in [0.3, 0.4) is 0 Å². The molecule has 0 fully saturated rings. The first-order valence-electron chi connectivity index (χ1n) is 7.77. The van der Waals surface area contributed by atoms with Crippen LogP contribution >= 0.6 is 15.9 Å². The first kappa shape index (κ1) is 18.2. The predicted molar refractivity (Wildman–Crippen MR) is 100 cm³/mol. The largest absolute Gasteiger partial charge is 0.350 e. The molecule has 2 aromatic carbocycles. The van der Waals surface area contributed by atoms with Crippen LogP contribution in [0.2, 0.25) is 0 Å². The zero-order chi connectivity index (χ0) is 17.7. The van der Waals surface area contributed by atoms with Gasteiger partial charge in [-0.2, -0.15) is 0 Å². The Morgan fingerprint density at radius 1 is 1.12 bits per heavy atom. The van der Waals surface area contributed by atoms with Crippen LogP contribution in [0.4, 0.5) is 5.69 Å². The molecule has 2 rings (SSSR count). The van der Waals surface area contributed by atoms with Gasteiger partial charge in [-0.05, 0) is 43.7 Å². The van der Waals surface area contributed by atoms with Crippen LogP contribution in [0.5, 0.6) is 0 Å². The number of anilines is 1. The maximum absolute atomic E-state index is 12.2. The van der Waals surface area contributed by atoms with Crippen molar-refractivity contribution in [2.24, 2.45) is 0 Å². The van der Waals surface area contributed by atoms with Crippen LogP contribution in [-0.2, 0) is 4.79 Å². The molecule has 0 saturated heterocycles. The Morgan fingerprint density at radius 2 is 1.88 bits per heavy atom. The minimum absolute atomic E-state index is 0.0597. The summed E-state index contributed by atoms with van der Waals surface area (Å²) in [7, 11) is 0. The summed E-state index contributed by atoms with van der Waals surface area (Å²) in [6, 6.07) is 13.2. The van der Waals surface area contributed by atoms with E-state index >= 15 is 0 Å². The molecule has 2 aromatic rings. The first-order chi connectivity index (χ1) is 11.4. The lowest BCUT2D eigenvalue weighted by molar-refractivity contribution is -0.116. The molecule has 0 unspecified atom stereocenters. The number of aryl methyl sites for hydroxylation is 2. The summed E-state index contributed by atoms with van der Waals surface area (Å²) in [6.07, 6.45) is 0. The van der Waals surface area contributed by atoms with Crippen molar-refractivity contribution < 1.29 is 9.59 Å². The fraction of sp³-hybridized carbons (Fsp3) is 0.263. The van der Waals surface area contributed by atoms with Gasteiger partial charge in [-0.25, -0.2) is 0 Å². The lowest BCUT2D eigenvalue weighted by atomic mass is 10.1. The summed E-state index contributed by atoms with van der Waals surface area (Å²) in [4.78, 5) is 25.7. The quantitative estimate of drug-likeness (QED) is 0.845. The summed E-state index contributed by atoms with van der Waals surface area (Å²) in [6.45, 7) is 6.27. The zero-order valence-corrected chi connectivity index (χ0v) is 15.7. The average molecular weight is 389 g/mol. The molecule has 0 aliphatic heterocycles. The third kappa shape index (κ3) is 4.68. The third-order valence-electron chi connectivity index (χ3n) is 3.75. The van der Waals surface area contributed by atoms with Crippen molar-refractivity contribution in [1.82, 2.24) is 5.32 Å². The second kappa shape index (κ2) is 8.11. The Hall–Kier alpha value is -2.14. The van der Waals surface area contributed by atoms with Gasteiger partial charge in [0.2, 0.25) is 5.91 Å². The summed E-state index contributed by atoms with van der Waals surface area (Å²) >= 11 is 3.48. The van der Waals surface area contributed by atoms with Gasteiger partial charge in [0.05, 0.1) is 0 Å². The second-order valence-corrected chi connectivity index (χ2v) is 6.58. The van der Waals surface area contributed by atoms with Crippen LogP contribution in [0, 0.1) is 13.8 Å². The number of hydrogen-bond acceptors (Lipinski definition) is 2. The van der Waals surface area contributed by atoms with Crippen molar-refractivity contribution >= 4 is 33.4 Å². The fourth-order valence-electron chi connectivity index (χ4n) is 2.39. The SMILES string of the molecule is CC(=O)N(CCNC(=O)c1cccc(C)c1)c1ccc(C)c(Br)c1. The van der Waals surface area contributed by atoms with E-state index in [-0.39, 0.29) is 11.8 Å². The highest BCUT2D eigenvalue weighted by atomic mass is 79.9. The lowest BCUT2D eigenvalue weighted by Crippen LogP contribution is -2.37. The molecular weight excluding hydrogens is 368 g/mol. The van der Waals surface area contributed by atoms with Gasteiger partial charge < -0.3 is 10.2 Å².